The second kappa shape index (κ2) is 8.96. The monoisotopic (exact) mass is 405 g/mol. The Hall–Kier alpha value is -1.18. The van der Waals surface area contributed by atoms with Crippen LogP contribution in [-0.2, 0) is 6.54 Å². The lowest BCUT2D eigenvalue weighted by atomic mass is 10.2. The van der Waals surface area contributed by atoms with E-state index >= 15 is 0 Å². The highest BCUT2D eigenvalue weighted by molar-refractivity contribution is 14.0. The highest BCUT2D eigenvalue weighted by Crippen LogP contribution is 2.33. The Morgan fingerprint density at radius 1 is 1.24 bits per heavy atom. The molecule has 0 atom stereocenters. The van der Waals surface area contributed by atoms with Crippen LogP contribution in [0.1, 0.15) is 25.8 Å². The van der Waals surface area contributed by atoms with Gasteiger partial charge >= 0.3 is 0 Å². The van der Waals surface area contributed by atoms with Crippen molar-refractivity contribution in [2.24, 2.45) is 10.7 Å². The SMILES string of the molecule is CCN(CC)C(N)=NCc1cccc2c1OCCCO2.I. The lowest BCUT2D eigenvalue weighted by Crippen LogP contribution is -2.37. The molecular formula is C15H24IN3O2. The van der Waals surface area contributed by atoms with Gasteiger partial charge < -0.3 is 20.1 Å². The average Bonchev–Trinajstić information content (AvgIpc) is 2.72. The van der Waals surface area contributed by atoms with E-state index in [4.69, 9.17) is 15.2 Å². The number of nitrogens with zero attached hydrogens (tertiary/aromatic N) is 2. The second-order valence-electron chi connectivity index (χ2n) is 4.64. The van der Waals surface area contributed by atoms with Gasteiger partial charge in [0.15, 0.2) is 17.5 Å². The summed E-state index contributed by atoms with van der Waals surface area (Å²) in [5.41, 5.74) is 7.01. The van der Waals surface area contributed by atoms with Gasteiger partial charge in [0.05, 0.1) is 19.8 Å². The minimum absolute atomic E-state index is 0. The topological polar surface area (TPSA) is 60.1 Å². The molecule has 1 aromatic rings. The summed E-state index contributed by atoms with van der Waals surface area (Å²) < 4.78 is 11.4. The standard InChI is InChI=1S/C15H23N3O2.HI/c1-3-18(4-2)15(16)17-11-12-7-5-8-13-14(12)20-10-6-9-19-13;/h5,7-8H,3-4,6,9-11H2,1-2H3,(H2,16,17);1H. The van der Waals surface area contributed by atoms with Crippen molar-refractivity contribution in [3.05, 3.63) is 23.8 Å². The Labute approximate surface area is 143 Å². The fourth-order valence-corrected chi connectivity index (χ4v) is 2.19. The molecule has 0 spiro atoms. The van der Waals surface area contributed by atoms with Crippen LogP contribution in [0.15, 0.2) is 23.2 Å². The minimum atomic E-state index is 0. The molecule has 0 bridgehead atoms. The molecule has 0 saturated heterocycles. The fourth-order valence-electron chi connectivity index (χ4n) is 2.19. The number of fused-ring (bicyclic) bond motifs is 1. The van der Waals surface area contributed by atoms with Crippen LogP contribution < -0.4 is 15.2 Å². The van der Waals surface area contributed by atoms with Gasteiger partial charge in [-0.2, -0.15) is 0 Å². The van der Waals surface area contributed by atoms with Crippen molar-refractivity contribution < 1.29 is 9.47 Å². The van der Waals surface area contributed by atoms with Crippen molar-refractivity contribution in [1.29, 1.82) is 0 Å². The zero-order valence-electron chi connectivity index (χ0n) is 12.7. The maximum absolute atomic E-state index is 6.00. The Morgan fingerprint density at radius 2 is 1.95 bits per heavy atom. The van der Waals surface area contributed by atoms with Gasteiger partial charge in [0.25, 0.3) is 0 Å². The molecule has 21 heavy (non-hydrogen) atoms. The maximum atomic E-state index is 6.00. The van der Waals surface area contributed by atoms with E-state index in [2.05, 4.69) is 18.8 Å². The quantitative estimate of drug-likeness (QED) is 0.476. The molecule has 0 amide bonds. The summed E-state index contributed by atoms with van der Waals surface area (Å²) in [6.07, 6.45) is 0.902. The first-order chi connectivity index (χ1) is 9.76. The molecule has 2 rings (SSSR count). The Bertz CT molecular complexity index is 476. The Morgan fingerprint density at radius 3 is 2.67 bits per heavy atom. The highest BCUT2D eigenvalue weighted by atomic mass is 127. The maximum Gasteiger partial charge on any atom is 0.191 e. The van der Waals surface area contributed by atoms with Crippen molar-refractivity contribution in [3.8, 4) is 11.5 Å². The van der Waals surface area contributed by atoms with Gasteiger partial charge in [-0.05, 0) is 19.9 Å². The van der Waals surface area contributed by atoms with Gasteiger partial charge in [0.2, 0.25) is 0 Å². The summed E-state index contributed by atoms with van der Waals surface area (Å²) in [6.45, 7) is 7.74. The molecule has 0 aliphatic carbocycles. The summed E-state index contributed by atoms with van der Waals surface area (Å²) in [4.78, 5) is 6.49. The predicted octanol–water partition coefficient (Wildman–Crippen LogP) is 2.62. The lowest BCUT2D eigenvalue weighted by Gasteiger charge is -2.19. The first kappa shape index (κ1) is 17.9. The molecule has 0 unspecified atom stereocenters. The molecule has 118 valence electrons. The third-order valence-electron chi connectivity index (χ3n) is 3.35. The first-order valence-electron chi connectivity index (χ1n) is 7.18. The molecule has 1 aliphatic rings. The number of para-hydroxylation sites is 1. The van der Waals surface area contributed by atoms with E-state index in [1.54, 1.807) is 0 Å². The van der Waals surface area contributed by atoms with E-state index in [9.17, 15) is 0 Å². The number of benzene rings is 1. The summed E-state index contributed by atoms with van der Waals surface area (Å²) >= 11 is 0. The van der Waals surface area contributed by atoms with Crippen molar-refractivity contribution in [1.82, 2.24) is 4.90 Å². The molecule has 0 radical (unpaired) electrons. The van der Waals surface area contributed by atoms with E-state index in [1.807, 2.05) is 23.1 Å². The number of halogens is 1. The van der Waals surface area contributed by atoms with Crippen molar-refractivity contribution in [2.45, 2.75) is 26.8 Å². The van der Waals surface area contributed by atoms with E-state index < -0.39 is 0 Å². The van der Waals surface area contributed by atoms with Gasteiger partial charge in [-0.25, -0.2) is 4.99 Å². The van der Waals surface area contributed by atoms with Crippen LogP contribution in [0.5, 0.6) is 11.5 Å². The second-order valence-corrected chi connectivity index (χ2v) is 4.64. The van der Waals surface area contributed by atoms with Crippen molar-refractivity contribution in [3.63, 3.8) is 0 Å². The van der Waals surface area contributed by atoms with Crippen LogP contribution in [0.25, 0.3) is 0 Å². The molecule has 2 N–H and O–H groups in total. The summed E-state index contributed by atoms with van der Waals surface area (Å²) in [5.74, 6) is 2.18. The molecule has 0 aromatic heterocycles. The van der Waals surface area contributed by atoms with Gasteiger partial charge in [0.1, 0.15) is 0 Å². The lowest BCUT2D eigenvalue weighted by molar-refractivity contribution is 0.296. The number of aliphatic imine (C=N–C) groups is 1. The molecule has 5 nitrogen and oxygen atoms in total. The van der Waals surface area contributed by atoms with Crippen LogP contribution in [0.3, 0.4) is 0 Å². The number of hydrogen-bond acceptors (Lipinski definition) is 3. The van der Waals surface area contributed by atoms with Gasteiger partial charge in [-0.3, -0.25) is 0 Å². The number of nitrogens with two attached hydrogens (primary N) is 1. The van der Waals surface area contributed by atoms with E-state index in [-0.39, 0.29) is 24.0 Å². The van der Waals surface area contributed by atoms with E-state index in [0.29, 0.717) is 25.7 Å². The van der Waals surface area contributed by atoms with Crippen LogP contribution in [0.4, 0.5) is 0 Å². The molecule has 1 aromatic carbocycles. The minimum Gasteiger partial charge on any atom is -0.490 e. The van der Waals surface area contributed by atoms with E-state index in [0.717, 1.165) is 36.6 Å². The van der Waals surface area contributed by atoms with E-state index in [1.165, 1.54) is 0 Å². The number of guanidine groups is 1. The Balaban J connectivity index is 0.00000220. The molecule has 0 fully saturated rings. The number of hydrogen-bond donors (Lipinski definition) is 1. The van der Waals surface area contributed by atoms with Crippen LogP contribution >= 0.6 is 24.0 Å². The zero-order chi connectivity index (χ0) is 14.4. The molecule has 6 heteroatoms. The van der Waals surface area contributed by atoms with Crippen LogP contribution in [0.2, 0.25) is 0 Å². The molecule has 0 saturated carbocycles. The number of ether oxygens (including phenoxy) is 2. The third-order valence-corrected chi connectivity index (χ3v) is 3.35. The normalized spacial score (nSPS) is 14.1. The zero-order valence-corrected chi connectivity index (χ0v) is 15.0. The molecule has 1 heterocycles. The van der Waals surface area contributed by atoms with Gasteiger partial charge in [-0.15, -0.1) is 24.0 Å². The first-order valence-corrected chi connectivity index (χ1v) is 7.18. The highest BCUT2D eigenvalue weighted by Gasteiger charge is 2.14. The van der Waals surface area contributed by atoms with Crippen LogP contribution in [-0.4, -0.2) is 37.2 Å². The van der Waals surface area contributed by atoms with Crippen molar-refractivity contribution >= 4 is 29.9 Å². The summed E-state index contributed by atoms with van der Waals surface area (Å²) in [7, 11) is 0. The predicted molar refractivity (Wildman–Crippen MR) is 95.7 cm³/mol. The van der Waals surface area contributed by atoms with Gasteiger partial charge in [-0.1, -0.05) is 12.1 Å². The summed E-state index contributed by atoms with van der Waals surface area (Å²) in [5, 5.41) is 0. The smallest absolute Gasteiger partial charge is 0.191 e. The average molecular weight is 405 g/mol. The Kier molecular flexibility index (Phi) is 7.63. The third kappa shape index (κ3) is 4.66. The van der Waals surface area contributed by atoms with Crippen molar-refractivity contribution in [2.75, 3.05) is 26.3 Å². The largest absolute Gasteiger partial charge is 0.490 e. The fraction of sp³-hybridized carbons (Fsp3) is 0.533. The molecular weight excluding hydrogens is 381 g/mol. The summed E-state index contributed by atoms with van der Waals surface area (Å²) in [6, 6.07) is 5.90. The molecule has 1 aliphatic heterocycles. The van der Waals surface area contributed by atoms with Gasteiger partial charge in [0, 0.05) is 25.1 Å². The number of rotatable bonds is 4. The van der Waals surface area contributed by atoms with Crippen LogP contribution in [0, 0.1) is 0 Å².